The maximum Gasteiger partial charge on any atom is 0.451 e. The van der Waals surface area contributed by atoms with Crippen LogP contribution in [0, 0.1) is 0 Å². The maximum absolute atomic E-state index is 12.3. The SMILES string of the molecule is CC(O)CNc1cc(N)nc(C(F)(F)F)n1. The van der Waals surface area contributed by atoms with Gasteiger partial charge in [-0.15, -0.1) is 0 Å². The summed E-state index contributed by atoms with van der Waals surface area (Å²) >= 11 is 0. The number of nitrogens with zero attached hydrogens (tertiary/aromatic N) is 2. The van der Waals surface area contributed by atoms with Crippen LogP contribution in [0.15, 0.2) is 6.07 Å². The Kier molecular flexibility index (Phi) is 3.53. The third-order valence-electron chi connectivity index (χ3n) is 1.58. The number of halogens is 3. The Morgan fingerprint density at radius 3 is 2.62 bits per heavy atom. The van der Waals surface area contributed by atoms with Gasteiger partial charge in [0.1, 0.15) is 11.6 Å². The van der Waals surface area contributed by atoms with Crippen LogP contribution >= 0.6 is 0 Å². The van der Waals surface area contributed by atoms with Crippen LogP contribution in [0.4, 0.5) is 24.8 Å². The van der Waals surface area contributed by atoms with Gasteiger partial charge in [-0.25, -0.2) is 9.97 Å². The molecule has 1 rings (SSSR count). The van der Waals surface area contributed by atoms with E-state index in [0.717, 1.165) is 6.07 Å². The summed E-state index contributed by atoms with van der Waals surface area (Å²) in [5, 5.41) is 11.5. The largest absolute Gasteiger partial charge is 0.451 e. The molecular weight excluding hydrogens is 225 g/mol. The molecule has 0 aliphatic carbocycles. The van der Waals surface area contributed by atoms with Crippen LogP contribution in [-0.4, -0.2) is 27.7 Å². The molecule has 0 fully saturated rings. The van der Waals surface area contributed by atoms with E-state index in [0.29, 0.717) is 0 Å². The topological polar surface area (TPSA) is 84.1 Å². The van der Waals surface area contributed by atoms with E-state index in [2.05, 4.69) is 15.3 Å². The molecular formula is C8H11F3N4O. The van der Waals surface area contributed by atoms with Crippen molar-refractivity contribution < 1.29 is 18.3 Å². The lowest BCUT2D eigenvalue weighted by Crippen LogP contribution is -2.19. The average Bonchev–Trinajstić information content (AvgIpc) is 2.12. The molecule has 0 radical (unpaired) electrons. The highest BCUT2D eigenvalue weighted by Gasteiger charge is 2.35. The summed E-state index contributed by atoms with van der Waals surface area (Å²) in [5.41, 5.74) is 5.21. The minimum Gasteiger partial charge on any atom is -0.392 e. The average molecular weight is 236 g/mol. The number of hydrogen-bond donors (Lipinski definition) is 3. The van der Waals surface area contributed by atoms with E-state index >= 15 is 0 Å². The Bertz CT molecular complexity index is 367. The van der Waals surface area contributed by atoms with E-state index in [1.807, 2.05) is 0 Å². The standard InChI is InChI=1S/C8H11F3N4O/c1-4(16)3-13-6-2-5(12)14-7(15-6)8(9,10)11/h2,4,16H,3H2,1H3,(H3,12,13,14,15). The van der Waals surface area contributed by atoms with Crippen molar-refractivity contribution in [1.29, 1.82) is 0 Å². The van der Waals surface area contributed by atoms with Gasteiger partial charge in [-0.2, -0.15) is 13.2 Å². The molecule has 1 aromatic rings. The van der Waals surface area contributed by atoms with E-state index in [9.17, 15) is 13.2 Å². The highest BCUT2D eigenvalue weighted by Crippen LogP contribution is 2.27. The zero-order valence-electron chi connectivity index (χ0n) is 8.41. The number of nitrogen functional groups attached to an aromatic ring is 1. The fourth-order valence-electron chi connectivity index (χ4n) is 0.936. The summed E-state index contributed by atoms with van der Waals surface area (Å²) < 4.78 is 36.9. The first-order chi connectivity index (χ1) is 7.29. The van der Waals surface area contributed by atoms with Crippen LogP contribution in [-0.2, 0) is 6.18 Å². The van der Waals surface area contributed by atoms with Crippen molar-refractivity contribution >= 4 is 11.6 Å². The Balaban J connectivity index is 2.90. The normalized spacial score (nSPS) is 13.6. The zero-order valence-corrected chi connectivity index (χ0v) is 8.41. The summed E-state index contributed by atoms with van der Waals surface area (Å²) in [6.07, 6.45) is -5.35. The third kappa shape index (κ3) is 3.54. The third-order valence-corrected chi connectivity index (χ3v) is 1.58. The molecule has 0 saturated carbocycles. The molecule has 5 nitrogen and oxygen atoms in total. The molecule has 16 heavy (non-hydrogen) atoms. The minimum absolute atomic E-state index is 0.0688. The first-order valence-electron chi connectivity index (χ1n) is 4.42. The molecule has 0 saturated heterocycles. The second-order valence-corrected chi connectivity index (χ2v) is 3.23. The number of aromatic nitrogens is 2. The van der Waals surface area contributed by atoms with Gasteiger partial charge < -0.3 is 16.2 Å². The van der Waals surface area contributed by atoms with Gasteiger partial charge >= 0.3 is 6.18 Å². The van der Waals surface area contributed by atoms with E-state index in [4.69, 9.17) is 10.8 Å². The molecule has 0 amide bonds. The smallest absolute Gasteiger partial charge is 0.392 e. The molecule has 1 unspecified atom stereocenters. The van der Waals surface area contributed by atoms with Crippen LogP contribution in [0.1, 0.15) is 12.7 Å². The van der Waals surface area contributed by atoms with Crippen molar-refractivity contribution in [3.05, 3.63) is 11.9 Å². The second kappa shape index (κ2) is 4.52. The maximum atomic E-state index is 12.3. The van der Waals surface area contributed by atoms with Crippen molar-refractivity contribution in [2.45, 2.75) is 19.2 Å². The molecule has 1 heterocycles. The Labute approximate surface area is 89.5 Å². The second-order valence-electron chi connectivity index (χ2n) is 3.23. The van der Waals surface area contributed by atoms with Crippen molar-refractivity contribution in [2.75, 3.05) is 17.6 Å². The predicted molar refractivity (Wildman–Crippen MR) is 51.6 cm³/mol. The first kappa shape index (κ1) is 12.5. The monoisotopic (exact) mass is 236 g/mol. The highest BCUT2D eigenvalue weighted by atomic mass is 19.4. The van der Waals surface area contributed by atoms with Gasteiger partial charge in [0.25, 0.3) is 0 Å². The molecule has 0 aliphatic heterocycles. The van der Waals surface area contributed by atoms with Crippen molar-refractivity contribution in [3.8, 4) is 0 Å². The summed E-state index contributed by atoms with van der Waals surface area (Å²) in [4.78, 5) is 6.31. The van der Waals surface area contributed by atoms with Crippen LogP contribution in [0.3, 0.4) is 0 Å². The summed E-state index contributed by atoms with van der Waals surface area (Å²) in [6.45, 7) is 1.57. The summed E-state index contributed by atoms with van der Waals surface area (Å²) in [7, 11) is 0. The summed E-state index contributed by atoms with van der Waals surface area (Å²) in [5.74, 6) is -1.66. The van der Waals surface area contributed by atoms with Crippen LogP contribution in [0.2, 0.25) is 0 Å². The van der Waals surface area contributed by atoms with Crippen LogP contribution < -0.4 is 11.1 Å². The number of nitrogens with two attached hydrogens (primary N) is 1. The first-order valence-corrected chi connectivity index (χ1v) is 4.42. The number of rotatable bonds is 3. The van der Waals surface area contributed by atoms with E-state index in [-0.39, 0.29) is 18.2 Å². The molecule has 90 valence electrons. The number of hydrogen-bond acceptors (Lipinski definition) is 5. The Morgan fingerprint density at radius 1 is 1.50 bits per heavy atom. The molecule has 0 aromatic carbocycles. The molecule has 0 spiro atoms. The molecule has 0 bridgehead atoms. The lowest BCUT2D eigenvalue weighted by Gasteiger charge is -2.10. The molecule has 1 atom stereocenters. The molecule has 4 N–H and O–H groups in total. The fourth-order valence-corrected chi connectivity index (χ4v) is 0.936. The van der Waals surface area contributed by atoms with Gasteiger partial charge in [-0.1, -0.05) is 0 Å². The Morgan fingerprint density at radius 2 is 2.12 bits per heavy atom. The van der Waals surface area contributed by atoms with Crippen LogP contribution in [0.25, 0.3) is 0 Å². The quantitative estimate of drug-likeness (QED) is 0.725. The van der Waals surface area contributed by atoms with Gasteiger partial charge in [0, 0.05) is 12.6 Å². The van der Waals surface area contributed by atoms with Crippen molar-refractivity contribution in [1.82, 2.24) is 9.97 Å². The minimum atomic E-state index is -4.64. The van der Waals surface area contributed by atoms with Gasteiger partial charge in [0.2, 0.25) is 5.82 Å². The van der Waals surface area contributed by atoms with Crippen molar-refractivity contribution in [2.24, 2.45) is 0 Å². The van der Waals surface area contributed by atoms with Gasteiger partial charge in [0.15, 0.2) is 0 Å². The lowest BCUT2D eigenvalue weighted by atomic mass is 10.4. The molecule has 1 aromatic heterocycles. The number of nitrogens with one attached hydrogen (secondary N) is 1. The highest BCUT2D eigenvalue weighted by molar-refractivity contribution is 5.44. The lowest BCUT2D eigenvalue weighted by molar-refractivity contribution is -0.144. The molecule has 0 aliphatic rings. The van der Waals surface area contributed by atoms with Gasteiger partial charge in [-0.05, 0) is 6.92 Å². The van der Waals surface area contributed by atoms with E-state index in [1.54, 1.807) is 0 Å². The summed E-state index contributed by atoms with van der Waals surface area (Å²) in [6, 6.07) is 1.16. The van der Waals surface area contributed by atoms with E-state index in [1.165, 1.54) is 6.92 Å². The number of alkyl halides is 3. The van der Waals surface area contributed by atoms with Crippen LogP contribution in [0.5, 0.6) is 0 Å². The predicted octanol–water partition coefficient (Wildman–Crippen LogP) is 0.870. The zero-order chi connectivity index (χ0) is 12.3. The van der Waals surface area contributed by atoms with Gasteiger partial charge in [0.05, 0.1) is 6.10 Å². The Hall–Kier alpha value is -1.57. The van der Waals surface area contributed by atoms with E-state index < -0.39 is 18.1 Å². The van der Waals surface area contributed by atoms with Gasteiger partial charge in [-0.3, -0.25) is 0 Å². The number of aliphatic hydroxyl groups is 1. The van der Waals surface area contributed by atoms with Crippen molar-refractivity contribution in [3.63, 3.8) is 0 Å². The molecule has 8 heteroatoms. The fraction of sp³-hybridized carbons (Fsp3) is 0.500. The number of aliphatic hydroxyl groups excluding tert-OH is 1. The number of anilines is 2.